The average molecular weight is 200 g/mol. The lowest BCUT2D eigenvalue weighted by molar-refractivity contribution is 0.190. The van der Waals surface area contributed by atoms with Gasteiger partial charge in [-0.2, -0.15) is 11.8 Å². The zero-order valence-corrected chi connectivity index (χ0v) is 9.08. The number of aryl methyl sites for hydroxylation is 1. The predicted molar refractivity (Wildman–Crippen MR) is 55.8 cm³/mol. The number of rotatable bonds is 4. The molecule has 1 heterocycles. The number of aromatic nitrogens is 2. The highest BCUT2D eigenvalue weighted by Crippen LogP contribution is 2.19. The maximum Gasteiger partial charge on any atom is 0.138 e. The van der Waals surface area contributed by atoms with Crippen LogP contribution in [0.15, 0.2) is 12.4 Å². The van der Waals surface area contributed by atoms with Crippen LogP contribution in [0.4, 0.5) is 0 Å². The molecule has 0 radical (unpaired) electrons. The minimum Gasteiger partial charge on any atom is -0.384 e. The van der Waals surface area contributed by atoms with Gasteiger partial charge in [-0.25, -0.2) is 4.98 Å². The number of nitrogens with zero attached hydrogens (tertiary/aromatic N) is 2. The molecule has 1 aromatic rings. The van der Waals surface area contributed by atoms with Gasteiger partial charge in [-0.1, -0.05) is 13.8 Å². The van der Waals surface area contributed by atoms with Crippen molar-refractivity contribution < 1.29 is 5.11 Å². The number of aliphatic hydroxyl groups is 1. The van der Waals surface area contributed by atoms with Gasteiger partial charge >= 0.3 is 0 Å². The van der Waals surface area contributed by atoms with Crippen molar-refractivity contribution >= 4 is 11.8 Å². The summed E-state index contributed by atoms with van der Waals surface area (Å²) >= 11 is 1.74. The molecule has 0 aromatic carbocycles. The van der Waals surface area contributed by atoms with E-state index < -0.39 is 6.10 Å². The molecule has 0 aliphatic rings. The van der Waals surface area contributed by atoms with Crippen molar-refractivity contribution in [1.29, 1.82) is 0 Å². The summed E-state index contributed by atoms with van der Waals surface area (Å²) in [6.45, 7) is 4.24. The topological polar surface area (TPSA) is 38.1 Å². The van der Waals surface area contributed by atoms with E-state index in [0.717, 1.165) is 5.82 Å². The van der Waals surface area contributed by atoms with Crippen LogP contribution in [0.1, 0.15) is 25.8 Å². The Hall–Kier alpha value is -0.480. The molecular weight excluding hydrogens is 184 g/mol. The van der Waals surface area contributed by atoms with E-state index in [9.17, 15) is 5.11 Å². The molecule has 4 heteroatoms. The smallest absolute Gasteiger partial charge is 0.138 e. The van der Waals surface area contributed by atoms with Crippen LogP contribution in [0.25, 0.3) is 0 Å². The van der Waals surface area contributed by atoms with Crippen molar-refractivity contribution in [2.24, 2.45) is 7.05 Å². The van der Waals surface area contributed by atoms with E-state index >= 15 is 0 Å². The SMILES string of the molecule is CC(C)SCC(O)c1nccn1C. The molecule has 0 amide bonds. The molecule has 1 unspecified atom stereocenters. The summed E-state index contributed by atoms with van der Waals surface area (Å²) in [7, 11) is 1.89. The Kier molecular flexibility index (Phi) is 3.81. The van der Waals surface area contributed by atoms with Crippen molar-refractivity contribution in [2.45, 2.75) is 25.2 Å². The lowest BCUT2D eigenvalue weighted by atomic mass is 10.4. The minimum atomic E-state index is -0.451. The molecule has 74 valence electrons. The van der Waals surface area contributed by atoms with E-state index in [-0.39, 0.29) is 0 Å². The molecule has 0 spiro atoms. The van der Waals surface area contributed by atoms with E-state index in [1.807, 2.05) is 17.8 Å². The molecule has 0 bridgehead atoms. The van der Waals surface area contributed by atoms with Crippen LogP contribution in [-0.4, -0.2) is 25.7 Å². The third-order valence-electron chi connectivity index (χ3n) is 1.74. The molecule has 0 aliphatic carbocycles. The fraction of sp³-hybridized carbons (Fsp3) is 0.667. The van der Waals surface area contributed by atoms with E-state index in [2.05, 4.69) is 18.8 Å². The first-order valence-electron chi connectivity index (χ1n) is 4.38. The van der Waals surface area contributed by atoms with Crippen LogP contribution in [0.3, 0.4) is 0 Å². The van der Waals surface area contributed by atoms with Gasteiger partial charge in [0.25, 0.3) is 0 Å². The zero-order valence-electron chi connectivity index (χ0n) is 8.27. The van der Waals surface area contributed by atoms with Gasteiger partial charge in [0.1, 0.15) is 11.9 Å². The van der Waals surface area contributed by atoms with Crippen LogP contribution in [0.2, 0.25) is 0 Å². The molecule has 0 saturated carbocycles. The quantitative estimate of drug-likeness (QED) is 0.802. The Morgan fingerprint density at radius 2 is 2.31 bits per heavy atom. The first-order chi connectivity index (χ1) is 6.11. The highest BCUT2D eigenvalue weighted by molar-refractivity contribution is 7.99. The van der Waals surface area contributed by atoms with Crippen molar-refractivity contribution in [1.82, 2.24) is 9.55 Å². The van der Waals surface area contributed by atoms with Crippen LogP contribution in [0.5, 0.6) is 0 Å². The maximum atomic E-state index is 9.73. The number of thioether (sulfide) groups is 1. The second-order valence-corrected chi connectivity index (χ2v) is 4.90. The highest BCUT2D eigenvalue weighted by Gasteiger charge is 2.12. The second kappa shape index (κ2) is 4.67. The van der Waals surface area contributed by atoms with E-state index in [1.165, 1.54) is 0 Å². The molecule has 0 aliphatic heterocycles. The highest BCUT2D eigenvalue weighted by atomic mass is 32.2. The number of imidazole rings is 1. The fourth-order valence-electron chi connectivity index (χ4n) is 1.06. The van der Waals surface area contributed by atoms with Gasteiger partial charge in [-0.05, 0) is 5.25 Å². The summed E-state index contributed by atoms with van der Waals surface area (Å²) < 4.78 is 1.85. The van der Waals surface area contributed by atoms with Gasteiger partial charge in [0.05, 0.1) is 0 Å². The van der Waals surface area contributed by atoms with Crippen LogP contribution < -0.4 is 0 Å². The van der Waals surface area contributed by atoms with Crippen LogP contribution in [0, 0.1) is 0 Å². The van der Waals surface area contributed by atoms with Gasteiger partial charge in [-0.15, -0.1) is 0 Å². The fourth-order valence-corrected chi connectivity index (χ4v) is 1.77. The average Bonchev–Trinajstić information content (AvgIpc) is 2.47. The molecule has 1 rings (SSSR count). The molecule has 1 aromatic heterocycles. The Morgan fingerprint density at radius 3 is 2.77 bits per heavy atom. The van der Waals surface area contributed by atoms with Crippen molar-refractivity contribution in [2.75, 3.05) is 5.75 Å². The molecule has 1 N–H and O–H groups in total. The lowest BCUT2D eigenvalue weighted by Crippen LogP contribution is -2.09. The van der Waals surface area contributed by atoms with Gasteiger partial charge in [-0.3, -0.25) is 0 Å². The summed E-state index contributed by atoms with van der Waals surface area (Å²) in [4.78, 5) is 4.09. The van der Waals surface area contributed by atoms with Gasteiger partial charge in [0, 0.05) is 25.2 Å². The maximum absolute atomic E-state index is 9.73. The van der Waals surface area contributed by atoms with E-state index in [0.29, 0.717) is 11.0 Å². The predicted octanol–water partition coefficient (Wildman–Crippen LogP) is 1.60. The van der Waals surface area contributed by atoms with Gasteiger partial charge in [0.2, 0.25) is 0 Å². The number of hydrogen-bond donors (Lipinski definition) is 1. The lowest BCUT2D eigenvalue weighted by Gasteiger charge is -2.11. The Balaban J connectivity index is 2.49. The normalized spacial score (nSPS) is 13.6. The van der Waals surface area contributed by atoms with Gasteiger partial charge in [0.15, 0.2) is 0 Å². The first kappa shape index (κ1) is 10.6. The minimum absolute atomic E-state index is 0.451. The van der Waals surface area contributed by atoms with Gasteiger partial charge < -0.3 is 9.67 Å². The Labute approximate surface area is 83.2 Å². The first-order valence-corrected chi connectivity index (χ1v) is 5.43. The standard InChI is InChI=1S/C9H16N2OS/c1-7(2)13-6-8(12)9-10-4-5-11(9)3/h4-5,7-8,12H,6H2,1-3H3. The van der Waals surface area contributed by atoms with Crippen molar-refractivity contribution in [3.05, 3.63) is 18.2 Å². The molecule has 0 fully saturated rings. The molecule has 3 nitrogen and oxygen atoms in total. The summed E-state index contributed by atoms with van der Waals surface area (Å²) in [5.41, 5.74) is 0. The monoisotopic (exact) mass is 200 g/mol. The second-order valence-electron chi connectivity index (χ2n) is 3.29. The molecule has 13 heavy (non-hydrogen) atoms. The molecule has 1 atom stereocenters. The third kappa shape index (κ3) is 3.04. The summed E-state index contributed by atoms with van der Waals surface area (Å²) in [6, 6.07) is 0. The van der Waals surface area contributed by atoms with E-state index in [4.69, 9.17) is 0 Å². The van der Waals surface area contributed by atoms with Crippen molar-refractivity contribution in [3.63, 3.8) is 0 Å². The Morgan fingerprint density at radius 1 is 1.62 bits per heavy atom. The van der Waals surface area contributed by atoms with Crippen LogP contribution >= 0.6 is 11.8 Å². The van der Waals surface area contributed by atoms with E-state index in [1.54, 1.807) is 18.0 Å². The van der Waals surface area contributed by atoms with Crippen LogP contribution in [-0.2, 0) is 7.05 Å². The number of aliphatic hydroxyl groups excluding tert-OH is 1. The molecular formula is C9H16N2OS. The largest absolute Gasteiger partial charge is 0.384 e. The molecule has 0 saturated heterocycles. The third-order valence-corrected chi connectivity index (χ3v) is 2.92. The summed E-state index contributed by atoms with van der Waals surface area (Å²) in [5.74, 6) is 1.45. The number of hydrogen-bond acceptors (Lipinski definition) is 3. The summed E-state index contributed by atoms with van der Waals surface area (Å²) in [6.07, 6.45) is 3.10. The van der Waals surface area contributed by atoms with Crippen molar-refractivity contribution in [3.8, 4) is 0 Å². The zero-order chi connectivity index (χ0) is 9.84. The Bertz CT molecular complexity index is 260. The summed E-state index contributed by atoms with van der Waals surface area (Å²) in [5, 5.41) is 10.3.